The van der Waals surface area contributed by atoms with Crippen molar-refractivity contribution in [2.24, 2.45) is 7.05 Å². The monoisotopic (exact) mass is 261 g/mol. The van der Waals surface area contributed by atoms with E-state index in [0.717, 1.165) is 19.5 Å². The van der Waals surface area contributed by atoms with E-state index >= 15 is 0 Å². The average molecular weight is 261 g/mol. The van der Waals surface area contributed by atoms with Gasteiger partial charge in [0.05, 0.1) is 4.88 Å². The van der Waals surface area contributed by atoms with Crippen molar-refractivity contribution >= 4 is 47.1 Å². The minimum atomic E-state index is 0.696. The topological polar surface area (TPSA) is 33.6 Å². The Bertz CT molecular complexity index is 570. The average Bonchev–Trinajstić information content (AvgIpc) is 2.66. The molecular weight excluding hydrogens is 254 g/mol. The highest BCUT2D eigenvalue weighted by molar-refractivity contribution is 7.74. The van der Waals surface area contributed by atoms with Crippen molar-refractivity contribution in [2.45, 2.75) is 6.92 Å². The molecule has 0 atom stereocenters. The normalized spacial score (nSPS) is 10.7. The van der Waals surface area contributed by atoms with Gasteiger partial charge in [-0.2, -0.15) is 5.10 Å². The fourth-order valence-corrected chi connectivity index (χ4v) is 3.43. The van der Waals surface area contributed by atoms with Crippen LogP contribution in [0.4, 0.5) is 0 Å². The minimum absolute atomic E-state index is 0.696. The Morgan fingerprint density at radius 3 is 2.50 bits per heavy atom. The van der Waals surface area contributed by atoms with Crippen molar-refractivity contribution in [3.63, 3.8) is 0 Å². The fraction of sp³-hybridized carbons (Fsp3) is 0.286. The molecule has 0 saturated heterocycles. The quantitative estimate of drug-likeness (QED) is 0.800. The van der Waals surface area contributed by atoms with Crippen molar-refractivity contribution in [3.8, 4) is 9.88 Å². The Morgan fingerprint density at radius 1 is 1.36 bits per heavy atom. The molecule has 0 radical (unpaired) electrons. The smallest absolute Gasteiger partial charge is 0.176 e. The number of aromatic amines is 1. The van der Waals surface area contributed by atoms with E-state index in [0.29, 0.717) is 3.95 Å². The lowest BCUT2D eigenvalue weighted by Gasteiger charge is -1.95. The molecule has 0 aliphatic rings. The van der Waals surface area contributed by atoms with E-state index in [-0.39, 0.29) is 0 Å². The van der Waals surface area contributed by atoms with E-state index in [1.165, 1.54) is 11.3 Å². The Hall–Kier alpha value is -0.370. The molecule has 0 amide bonds. The number of thiazole rings is 1. The first kappa shape index (κ1) is 10.2. The van der Waals surface area contributed by atoms with Gasteiger partial charge in [-0.25, -0.2) is 0 Å². The van der Waals surface area contributed by atoms with E-state index in [9.17, 15) is 0 Å². The second kappa shape index (κ2) is 3.65. The largest absolute Gasteiger partial charge is 0.330 e. The van der Waals surface area contributed by atoms with Gasteiger partial charge in [-0.05, 0) is 31.4 Å². The summed E-state index contributed by atoms with van der Waals surface area (Å²) in [5.41, 5.74) is 1.14. The molecule has 0 unspecified atom stereocenters. The van der Waals surface area contributed by atoms with Crippen LogP contribution in [0.15, 0.2) is 0 Å². The van der Waals surface area contributed by atoms with Crippen LogP contribution in [0.2, 0.25) is 0 Å². The van der Waals surface area contributed by atoms with Gasteiger partial charge in [0.1, 0.15) is 0 Å². The molecule has 2 aromatic rings. The van der Waals surface area contributed by atoms with Gasteiger partial charge < -0.3 is 4.57 Å². The maximum absolute atomic E-state index is 5.19. The van der Waals surface area contributed by atoms with Crippen molar-refractivity contribution in [1.29, 1.82) is 0 Å². The number of H-pyrrole nitrogens is 1. The summed E-state index contributed by atoms with van der Waals surface area (Å²) in [6.45, 7) is 2.03. The number of nitrogens with one attached hydrogen (secondary N) is 1. The molecule has 0 aromatic carbocycles. The number of nitrogens with zero attached hydrogens (tertiary/aromatic N) is 2. The molecule has 0 aliphatic heterocycles. The Balaban J connectivity index is 2.68. The molecule has 7 heteroatoms. The lowest BCUT2D eigenvalue weighted by Crippen LogP contribution is -1.90. The van der Waals surface area contributed by atoms with Gasteiger partial charge in [-0.3, -0.25) is 5.10 Å². The van der Waals surface area contributed by atoms with Crippen molar-refractivity contribution in [2.75, 3.05) is 0 Å². The standard InChI is InChI=1S/C7H7N3S4/c1-3-4(13-7(12)10(3)2)5-8-9-6(11)14-5/h1-2H3,(H,9,11). The van der Waals surface area contributed by atoms with Crippen LogP contribution in [0.1, 0.15) is 5.69 Å². The molecule has 0 bridgehead atoms. The Morgan fingerprint density at radius 2 is 2.07 bits per heavy atom. The van der Waals surface area contributed by atoms with Crippen LogP contribution in [-0.2, 0) is 7.05 Å². The van der Waals surface area contributed by atoms with Crippen LogP contribution in [0.25, 0.3) is 9.88 Å². The van der Waals surface area contributed by atoms with Crippen LogP contribution in [0, 0.1) is 14.8 Å². The third-order valence-electron chi connectivity index (χ3n) is 1.93. The zero-order valence-corrected chi connectivity index (χ0v) is 10.8. The maximum atomic E-state index is 5.19. The summed E-state index contributed by atoms with van der Waals surface area (Å²) in [5, 5.41) is 7.83. The van der Waals surface area contributed by atoms with Gasteiger partial charge >= 0.3 is 0 Å². The maximum Gasteiger partial charge on any atom is 0.176 e. The van der Waals surface area contributed by atoms with Crippen molar-refractivity contribution in [3.05, 3.63) is 13.6 Å². The summed E-state index contributed by atoms with van der Waals surface area (Å²) in [6, 6.07) is 0. The molecule has 0 saturated carbocycles. The predicted octanol–water partition coefficient (Wildman–Crippen LogP) is 3.31. The highest BCUT2D eigenvalue weighted by Crippen LogP contribution is 2.30. The summed E-state index contributed by atoms with van der Waals surface area (Å²) in [4.78, 5) is 1.11. The number of aromatic nitrogens is 3. The number of hydrogen-bond donors (Lipinski definition) is 1. The third kappa shape index (κ3) is 1.60. The zero-order valence-electron chi connectivity index (χ0n) is 7.53. The highest BCUT2D eigenvalue weighted by atomic mass is 32.2. The molecule has 2 rings (SSSR count). The lowest BCUT2D eigenvalue weighted by molar-refractivity contribution is 0.874. The summed E-state index contributed by atoms with van der Waals surface area (Å²) < 4.78 is 3.54. The molecule has 74 valence electrons. The number of hydrogen-bond acceptors (Lipinski definition) is 5. The first-order valence-corrected chi connectivity index (χ1v) is 6.27. The SMILES string of the molecule is Cc1c(-c2n[nH]c(=S)s2)sc(=S)n1C. The van der Waals surface area contributed by atoms with E-state index < -0.39 is 0 Å². The molecule has 3 nitrogen and oxygen atoms in total. The molecule has 0 aliphatic carbocycles. The van der Waals surface area contributed by atoms with Gasteiger partial charge in [0.15, 0.2) is 12.9 Å². The van der Waals surface area contributed by atoms with E-state index in [1.54, 1.807) is 11.3 Å². The Kier molecular flexibility index (Phi) is 2.65. The molecule has 14 heavy (non-hydrogen) atoms. The van der Waals surface area contributed by atoms with Gasteiger partial charge in [0, 0.05) is 12.7 Å². The predicted molar refractivity (Wildman–Crippen MR) is 65.2 cm³/mol. The minimum Gasteiger partial charge on any atom is -0.330 e. The molecule has 2 heterocycles. The first-order valence-electron chi connectivity index (χ1n) is 3.82. The molecule has 0 spiro atoms. The summed E-state index contributed by atoms with van der Waals surface area (Å²) >= 11 is 13.2. The number of rotatable bonds is 1. The molecule has 0 fully saturated rings. The van der Waals surface area contributed by atoms with Gasteiger partial charge in [0.2, 0.25) is 0 Å². The van der Waals surface area contributed by atoms with Gasteiger partial charge in [-0.1, -0.05) is 11.3 Å². The first-order chi connectivity index (χ1) is 6.59. The van der Waals surface area contributed by atoms with Gasteiger partial charge in [0.25, 0.3) is 0 Å². The van der Waals surface area contributed by atoms with E-state index in [2.05, 4.69) is 10.2 Å². The van der Waals surface area contributed by atoms with Gasteiger partial charge in [-0.15, -0.1) is 11.3 Å². The van der Waals surface area contributed by atoms with E-state index in [1.807, 2.05) is 18.5 Å². The van der Waals surface area contributed by atoms with E-state index in [4.69, 9.17) is 24.4 Å². The van der Waals surface area contributed by atoms with Crippen LogP contribution in [-0.4, -0.2) is 14.8 Å². The van der Waals surface area contributed by atoms with Crippen LogP contribution in [0.5, 0.6) is 0 Å². The lowest BCUT2D eigenvalue weighted by atomic mass is 10.4. The molecule has 2 aromatic heterocycles. The highest BCUT2D eigenvalue weighted by Gasteiger charge is 2.11. The van der Waals surface area contributed by atoms with Crippen molar-refractivity contribution < 1.29 is 0 Å². The summed E-state index contributed by atoms with van der Waals surface area (Å²) in [7, 11) is 1.96. The second-order valence-corrected chi connectivity index (χ2v) is 6.07. The summed E-state index contributed by atoms with van der Waals surface area (Å²) in [6.07, 6.45) is 0. The Labute approximate surface area is 99.1 Å². The molecule has 1 N–H and O–H groups in total. The van der Waals surface area contributed by atoms with Crippen LogP contribution < -0.4 is 0 Å². The van der Waals surface area contributed by atoms with Crippen LogP contribution in [0.3, 0.4) is 0 Å². The fourth-order valence-electron chi connectivity index (χ4n) is 1.04. The summed E-state index contributed by atoms with van der Waals surface area (Å²) in [5.74, 6) is 0. The van der Waals surface area contributed by atoms with Crippen molar-refractivity contribution in [1.82, 2.24) is 14.8 Å². The van der Waals surface area contributed by atoms with Crippen LogP contribution >= 0.6 is 47.1 Å². The zero-order chi connectivity index (χ0) is 10.3. The third-order valence-corrected chi connectivity index (χ3v) is 4.83. The molecular formula is C7H7N3S4. The second-order valence-electron chi connectivity index (χ2n) is 2.76.